The van der Waals surface area contributed by atoms with E-state index in [2.05, 4.69) is 0 Å². The highest BCUT2D eigenvalue weighted by molar-refractivity contribution is 5.72. The Balaban J connectivity index is 3.66. The summed E-state index contributed by atoms with van der Waals surface area (Å²) in [4.78, 5) is 10.8. The zero-order chi connectivity index (χ0) is 8.69. The molecule has 3 nitrogen and oxygen atoms in total. The lowest BCUT2D eigenvalue weighted by Gasteiger charge is -2.00. The Labute approximate surface area is 66.7 Å². The van der Waals surface area contributed by atoms with E-state index in [9.17, 15) is 4.79 Å². The number of aliphatic hydroxyl groups is 1. The van der Waals surface area contributed by atoms with Gasteiger partial charge in [0.25, 0.3) is 0 Å². The molecule has 0 rings (SSSR count). The Kier molecular flexibility index (Phi) is 5.47. The minimum Gasteiger partial charge on any atom is -0.466 e. The molecule has 0 aromatic heterocycles. The third-order valence-electron chi connectivity index (χ3n) is 1.17. The molecule has 0 spiro atoms. The Morgan fingerprint density at radius 2 is 2.27 bits per heavy atom. The number of rotatable bonds is 4. The number of ether oxygens (including phenoxy) is 1. The minimum absolute atomic E-state index is 0.0226. The van der Waals surface area contributed by atoms with Crippen molar-refractivity contribution in [3.05, 3.63) is 11.6 Å². The average Bonchev–Trinajstić information content (AvgIpc) is 1.87. The van der Waals surface area contributed by atoms with Gasteiger partial charge in [0.1, 0.15) is 0 Å². The number of hydrogen-bond acceptors (Lipinski definition) is 3. The van der Waals surface area contributed by atoms with Crippen LogP contribution in [-0.4, -0.2) is 24.3 Å². The van der Waals surface area contributed by atoms with Crippen molar-refractivity contribution in [2.24, 2.45) is 0 Å². The lowest BCUT2D eigenvalue weighted by atomic mass is 10.2. The van der Waals surface area contributed by atoms with E-state index in [1.165, 1.54) is 0 Å². The van der Waals surface area contributed by atoms with Gasteiger partial charge in [-0.3, -0.25) is 4.79 Å². The SMILES string of the molecule is CCOC(=O)C/C(C)=C/CO. The Morgan fingerprint density at radius 3 is 2.73 bits per heavy atom. The van der Waals surface area contributed by atoms with Crippen LogP contribution >= 0.6 is 0 Å². The van der Waals surface area contributed by atoms with Crippen molar-refractivity contribution in [3.8, 4) is 0 Å². The molecular weight excluding hydrogens is 144 g/mol. The first-order chi connectivity index (χ1) is 5.20. The van der Waals surface area contributed by atoms with Gasteiger partial charge in [-0.2, -0.15) is 0 Å². The van der Waals surface area contributed by atoms with Crippen LogP contribution in [0.4, 0.5) is 0 Å². The molecule has 1 N–H and O–H groups in total. The third-order valence-corrected chi connectivity index (χ3v) is 1.17. The Hall–Kier alpha value is -0.830. The average molecular weight is 158 g/mol. The van der Waals surface area contributed by atoms with Crippen LogP contribution in [0.25, 0.3) is 0 Å². The maximum atomic E-state index is 10.8. The molecule has 0 saturated heterocycles. The molecule has 3 heteroatoms. The van der Waals surface area contributed by atoms with Crippen LogP contribution in [0.2, 0.25) is 0 Å². The fourth-order valence-corrected chi connectivity index (χ4v) is 0.668. The second-order valence-corrected chi connectivity index (χ2v) is 2.21. The summed E-state index contributed by atoms with van der Waals surface area (Å²) >= 11 is 0. The number of aliphatic hydroxyl groups excluding tert-OH is 1. The summed E-state index contributed by atoms with van der Waals surface area (Å²) in [7, 11) is 0. The van der Waals surface area contributed by atoms with Crippen LogP contribution in [0, 0.1) is 0 Å². The first-order valence-electron chi connectivity index (χ1n) is 3.62. The zero-order valence-electron chi connectivity index (χ0n) is 6.96. The first-order valence-corrected chi connectivity index (χ1v) is 3.62. The van der Waals surface area contributed by atoms with E-state index in [0.717, 1.165) is 5.57 Å². The van der Waals surface area contributed by atoms with Gasteiger partial charge >= 0.3 is 5.97 Å². The molecule has 0 bridgehead atoms. The summed E-state index contributed by atoms with van der Waals surface area (Å²) in [6.45, 7) is 3.94. The number of esters is 1. The van der Waals surface area contributed by atoms with Gasteiger partial charge < -0.3 is 9.84 Å². The van der Waals surface area contributed by atoms with Gasteiger partial charge in [0.05, 0.1) is 19.6 Å². The monoisotopic (exact) mass is 158 g/mol. The van der Waals surface area contributed by atoms with E-state index in [-0.39, 0.29) is 19.0 Å². The van der Waals surface area contributed by atoms with Gasteiger partial charge in [-0.15, -0.1) is 0 Å². The van der Waals surface area contributed by atoms with Gasteiger partial charge in [-0.25, -0.2) is 0 Å². The van der Waals surface area contributed by atoms with E-state index in [0.29, 0.717) is 6.61 Å². The van der Waals surface area contributed by atoms with Crippen molar-refractivity contribution < 1.29 is 14.6 Å². The predicted octanol–water partition coefficient (Wildman–Crippen LogP) is 0.878. The Bertz CT molecular complexity index is 149. The molecule has 0 aromatic rings. The lowest BCUT2D eigenvalue weighted by molar-refractivity contribution is -0.142. The van der Waals surface area contributed by atoms with E-state index < -0.39 is 0 Å². The van der Waals surface area contributed by atoms with Gasteiger partial charge in [0.15, 0.2) is 0 Å². The van der Waals surface area contributed by atoms with Crippen LogP contribution in [0.15, 0.2) is 11.6 Å². The third kappa shape index (κ3) is 5.61. The number of carbonyl (C=O) groups is 1. The van der Waals surface area contributed by atoms with Crippen molar-refractivity contribution in [2.75, 3.05) is 13.2 Å². The fourth-order valence-electron chi connectivity index (χ4n) is 0.668. The van der Waals surface area contributed by atoms with E-state index in [4.69, 9.17) is 9.84 Å². The minimum atomic E-state index is -0.241. The van der Waals surface area contributed by atoms with Gasteiger partial charge in [0, 0.05) is 0 Å². The van der Waals surface area contributed by atoms with Crippen LogP contribution in [0.1, 0.15) is 20.3 Å². The van der Waals surface area contributed by atoms with Gasteiger partial charge in [-0.05, 0) is 13.8 Å². The van der Waals surface area contributed by atoms with Crippen molar-refractivity contribution in [3.63, 3.8) is 0 Å². The largest absolute Gasteiger partial charge is 0.466 e. The zero-order valence-corrected chi connectivity index (χ0v) is 6.96. The van der Waals surface area contributed by atoms with Crippen LogP contribution in [0.5, 0.6) is 0 Å². The highest BCUT2D eigenvalue weighted by Gasteiger charge is 2.00. The molecule has 0 radical (unpaired) electrons. The molecule has 0 aliphatic rings. The van der Waals surface area contributed by atoms with Crippen LogP contribution in [0.3, 0.4) is 0 Å². The fraction of sp³-hybridized carbons (Fsp3) is 0.625. The first kappa shape index (κ1) is 10.2. The Morgan fingerprint density at radius 1 is 1.64 bits per heavy atom. The summed E-state index contributed by atoms with van der Waals surface area (Å²) in [6.07, 6.45) is 1.87. The summed E-state index contributed by atoms with van der Waals surface area (Å²) in [5.74, 6) is -0.241. The molecule has 0 aliphatic carbocycles. The lowest BCUT2D eigenvalue weighted by Crippen LogP contribution is -2.04. The summed E-state index contributed by atoms with van der Waals surface area (Å²) in [6, 6.07) is 0. The van der Waals surface area contributed by atoms with E-state index in [1.807, 2.05) is 0 Å². The van der Waals surface area contributed by atoms with E-state index >= 15 is 0 Å². The maximum absolute atomic E-state index is 10.8. The van der Waals surface area contributed by atoms with Crippen molar-refractivity contribution in [1.29, 1.82) is 0 Å². The summed E-state index contributed by atoms with van der Waals surface area (Å²) in [5.41, 5.74) is 0.839. The van der Waals surface area contributed by atoms with Crippen LogP contribution in [-0.2, 0) is 9.53 Å². The molecule has 0 fully saturated rings. The molecule has 0 unspecified atom stereocenters. The normalized spacial score (nSPS) is 11.4. The molecule has 0 heterocycles. The van der Waals surface area contributed by atoms with Crippen LogP contribution < -0.4 is 0 Å². The molecule has 64 valence electrons. The second-order valence-electron chi connectivity index (χ2n) is 2.21. The number of carbonyl (C=O) groups excluding carboxylic acids is 1. The highest BCUT2D eigenvalue weighted by Crippen LogP contribution is 2.00. The smallest absolute Gasteiger partial charge is 0.309 e. The summed E-state index contributed by atoms with van der Waals surface area (Å²) < 4.78 is 4.70. The molecule has 0 saturated carbocycles. The van der Waals surface area contributed by atoms with E-state index in [1.54, 1.807) is 19.9 Å². The molecule has 0 atom stereocenters. The second kappa shape index (κ2) is 5.92. The molecule has 0 aliphatic heterocycles. The predicted molar refractivity (Wildman–Crippen MR) is 42.1 cm³/mol. The molecule has 11 heavy (non-hydrogen) atoms. The van der Waals surface area contributed by atoms with Gasteiger partial charge in [-0.1, -0.05) is 11.6 Å². The quantitative estimate of drug-likeness (QED) is 0.488. The van der Waals surface area contributed by atoms with Gasteiger partial charge in [0.2, 0.25) is 0 Å². The highest BCUT2D eigenvalue weighted by atomic mass is 16.5. The topological polar surface area (TPSA) is 46.5 Å². The van der Waals surface area contributed by atoms with Crippen molar-refractivity contribution >= 4 is 5.97 Å². The standard InChI is InChI=1S/C8H14O3/c1-3-11-8(10)6-7(2)4-5-9/h4,9H,3,5-6H2,1-2H3/b7-4+. The number of hydrogen-bond donors (Lipinski definition) is 1. The summed E-state index contributed by atoms with van der Waals surface area (Å²) in [5, 5.41) is 8.45. The van der Waals surface area contributed by atoms with Crippen molar-refractivity contribution in [1.82, 2.24) is 0 Å². The molecule has 0 aromatic carbocycles. The molecule has 0 amide bonds. The van der Waals surface area contributed by atoms with Crippen molar-refractivity contribution in [2.45, 2.75) is 20.3 Å². The molecular formula is C8H14O3. The maximum Gasteiger partial charge on any atom is 0.309 e.